The number of methoxy groups -OCH3 is 2. The summed E-state index contributed by atoms with van der Waals surface area (Å²) in [6.45, 7) is 1.28. The molecule has 4 heteroatoms. The molecule has 0 bridgehead atoms. The van der Waals surface area contributed by atoms with E-state index in [1.54, 1.807) is 12.1 Å². The molecule has 0 amide bonds. The molecule has 14 heavy (non-hydrogen) atoms. The fourth-order valence-corrected chi connectivity index (χ4v) is 1.69. The molecule has 0 fully saturated rings. The van der Waals surface area contributed by atoms with Crippen LogP contribution < -0.4 is 9.47 Å². The summed E-state index contributed by atoms with van der Waals surface area (Å²) in [5, 5.41) is 0. The second-order valence-corrected chi connectivity index (χ2v) is 3.91. The first-order chi connectivity index (χ1) is 7.40. The van der Waals surface area contributed by atoms with Crippen molar-refractivity contribution >= 4 is 10.8 Å². The highest BCUT2D eigenvalue weighted by molar-refractivity contribution is 7.85. The summed E-state index contributed by atoms with van der Waals surface area (Å²) >= 11 is 0. The van der Waals surface area contributed by atoms with Crippen molar-refractivity contribution in [2.24, 2.45) is 0 Å². The fraction of sp³-hybridized carbons (Fsp3) is 0.400. The number of hydrogen-bond acceptors (Lipinski definition) is 3. The SMILES string of the molecule is [1H][C@]([2H])(C)S(=O)c1ccc(OC)c(OC)c1. The molecule has 1 aromatic rings. The summed E-state index contributed by atoms with van der Waals surface area (Å²) in [7, 11) is 1.26. The average molecular weight is 215 g/mol. The zero-order chi connectivity index (χ0) is 12.3. The summed E-state index contributed by atoms with van der Waals surface area (Å²) in [6.07, 6.45) is 0. The van der Waals surface area contributed by atoms with Gasteiger partial charge in [-0.3, -0.25) is 4.21 Å². The van der Waals surface area contributed by atoms with Crippen LogP contribution in [0.15, 0.2) is 23.1 Å². The Morgan fingerprint density at radius 2 is 2.14 bits per heavy atom. The predicted octanol–water partition coefficient (Wildman–Crippen LogP) is 1.83. The number of benzene rings is 1. The first kappa shape index (κ1) is 8.29. The maximum absolute atomic E-state index is 11.8. The highest BCUT2D eigenvalue weighted by Crippen LogP contribution is 2.28. The van der Waals surface area contributed by atoms with Crippen LogP contribution in [0.4, 0.5) is 0 Å². The molecular weight excluding hydrogens is 200 g/mol. The molecule has 0 aromatic heterocycles. The van der Waals surface area contributed by atoms with Crippen molar-refractivity contribution in [3.63, 3.8) is 0 Å². The molecule has 0 aliphatic rings. The number of rotatable bonds is 4. The van der Waals surface area contributed by atoms with Gasteiger partial charge in [-0.05, 0) is 12.1 Å². The van der Waals surface area contributed by atoms with Crippen LogP contribution in [0.1, 0.15) is 9.67 Å². The number of hydrogen-bond donors (Lipinski definition) is 0. The van der Waals surface area contributed by atoms with E-state index in [2.05, 4.69) is 0 Å². The van der Waals surface area contributed by atoms with Gasteiger partial charge in [0.15, 0.2) is 11.5 Å². The van der Waals surface area contributed by atoms with E-state index in [1.807, 2.05) is 0 Å². The van der Waals surface area contributed by atoms with E-state index < -0.39 is 16.5 Å². The highest BCUT2D eigenvalue weighted by atomic mass is 32.2. The monoisotopic (exact) mass is 215 g/mol. The lowest BCUT2D eigenvalue weighted by molar-refractivity contribution is 0.354. The van der Waals surface area contributed by atoms with E-state index in [-0.39, 0.29) is 0 Å². The minimum Gasteiger partial charge on any atom is -0.493 e. The molecule has 0 spiro atoms. The van der Waals surface area contributed by atoms with Gasteiger partial charge in [-0.25, -0.2) is 0 Å². The molecule has 0 heterocycles. The van der Waals surface area contributed by atoms with Crippen molar-refractivity contribution in [3.05, 3.63) is 18.2 Å². The molecule has 0 saturated carbocycles. The van der Waals surface area contributed by atoms with E-state index in [1.165, 1.54) is 27.2 Å². The van der Waals surface area contributed by atoms with E-state index >= 15 is 0 Å². The molecule has 1 aromatic carbocycles. The van der Waals surface area contributed by atoms with Gasteiger partial charge in [-0.2, -0.15) is 0 Å². The first-order valence-corrected chi connectivity index (χ1v) is 5.19. The predicted molar refractivity (Wildman–Crippen MR) is 56.5 cm³/mol. The largest absolute Gasteiger partial charge is 0.493 e. The Morgan fingerprint density at radius 3 is 2.64 bits per heavy atom. The quantitative estimate of drug-likeness (QED) is 0.768. The lowest BCUT2D eigenvalue weighted by atomic mass is 10.3. The second kappa shape index (κ2) is 5.00. The van der Waals surface area contributed by atoms with Crippen molar-refractivity contribution < 1.29 is 16.4 Å². The van der Waals surface area contributed by atoms with Crippen molar-refractivity contribution in [2.75, 3.05) is 19.9 Å². The Bertz CT molecular complexity index is 402. The maximum atomic E-state index is 11.8. The van der Waals surface area contributed by atoms with Crippen LogP contribution in [0.25, 0.3) is 0 Å². The van der Waals surface area contributed by atoms with Gasteiger partial charge in [-0.1, -0.05) is 6.92 Å². The van der Waals surface area contributed by atoms with Crippen LogP contribution in [-0.2, 0) is 10.8 Å². The standard InChI is InChI=1S/C10H14O3S/c1-4-14(11)8-5-6-9(12-2)10(7-8)13-3/h5-7H,4H2,1-3H3/i4DH/t4-,14?/m0/s1. The van der Waals surface area contributed by atoms with Crippen LogP contribution in [0.2, 0.25) is 0 Å². The Morgan fingerprint density at radius 1 is 1.50 bits per heavy atom. The Hall–Kier alpha value is -1.03. The Labute approximate surface area is 89.3 Å². The van der Waals surface area contributed by atoms with Crippen molar-refractivity contribution in [1.82, 2.24) is 0 Å². The summed E-state index contributed by atoms with van der Waals surface area (Å²) in [6, 6.07) is 4.70. The summed E-state index contributed by atoms with van der Waals surface area (Å²) < 4.78 is 36.7. The van der Waals surface area contributed by atoms with E-state index in [4.69, 9.17) is 12.2 Å². The lowest BCUT2D eigenvalue weighted by Gasteiger charge is -2.08. The average Bonchev–Trinajstić information content (AvgIpc) is 2.25. The van der Waals surface area contributed by atoms with Gasteiger partial charge < -0.3 is 9.47 Å². The maximum Gasteiger partial charge on any atom is 0.161 e. The van der Waals surface area contributed by atoms with Gasteiger partial charge in [0.25, 0.3) is 0 Å². The summed E-state index contributed by atoms with van der Waals surface area (Å²) in [5.41, 5.74) is -1.78. The van der Waals surface area contributed by atoms with Gasteiger partial charge in [-0.15, -0.1) is 0 Å². The molecule has 1 unspecified atom stereocenters. The van der Waals surface area contributed by atoms with Crippen LogP contribution in [-0.4, -0.2) is 24.1 Å². The molecular formula is C10H14O3S. The van der Waals surface area contributed by atoms with Gasteiger partial charge in [0.2, 0.25) is 0 Å². The zero-order valence-corrected chi connectivity index (χ0v) is 9.18. The van der Waals surface area contributed by atoms with Gasteiger partial charge in [0.1, 0.15) is 0 Å². The van der Waals surface area contributed by atoms with Crippen LogP contribution in [0.3, 0.4) is 0 Å². The molecule has 78 valence electrons. The first-order valence-electron chi connectivity index (χ1n) is 5.04. The molecule has 0 aliphatic carbocycles. The van der Waals surface area contributed by atoms with Gasteiger partial charge in [0, 0.05) is 19.4 Å². The minimum absolute atomic E-state index is 0.380. The molecule has 1 rings (SSSR count). The summed E-state index contributed by atoms with van der Waals surface area (Å²) in [5.74, 6) is 0.970. The Kier molecular flexibility index (Phi) is 2.96. The van der Waals surface area contributed by atoms with Gasteiger partial charge >= 0.3 is 0 Å². The third-order valence-electron chi connectivity index (χ3n) is 1.75. The number of ether oxygens (including phenoxy) is 2. The lowest BCUT2D eigenvalue weighted by Crippen LogP contribution is -1.96. The van der Waals surface area contributed by atoms with E-state index in [0.29, 0.717) is 16.4 Å². The third kappa shape index (κ3) is 2.26. The minimum atomic E-state index is -1.78. The molecule has 0 radical (unpaired) electrons. The topological polar surface area (TPSA) is 35.5 Å². The summed E-state index contributed by atoms with van der Waals surface area (Å²) in [4.78, 5) is 0.380. The molecule has 0 saturated heterocycles. The van der Waals surface area contributed by atoms with Crippen LogP contribution >= 0.6 is 0 Å². The highest BCUT2D eigenvalue weighted by Gasteiger charge is 2.07. The van der Waals surface area contributed by atoms with E-state index in [0.717, 1.165) is 0 Å². The molecule has 2 atom stereocenters. The zero-order valence-electron chi connectivity index (χ0n) is 10.4. The van der Waals surface area contributed by atoms with Crippen molar-refractivity contribution in [3.8, 4) is 11.5 Å². The van der Waals surface area contributed by atoms with Crippen molar-refractivity contribution in [2.45, 2.75) is 11.8 Å². The fourth-order valence-electron chi connectivity index (χ4n) is 1.05. The van der Waals surface area contributed by atoms with Crippen LogP contribution in [0.5, 0.6) is 11.5 Å². The smallest absolute Gasteiger partial charge is 0.161 e. The second-order valence-electron chi connectivity index (χ2n) is 2.49. The Balaban J connectivity index is 3.13. The molecule has 0 aliphatic heterocycles. The van der Waals surface area contributed by atoms with Gasteiger partial charge in [0.05, 0.1) is 25.0 Å². The third-order valence-corrected chi connectivity index (χ3v) is 2.81. The van der Waals surface area contributed by atoms with Crippen molar-refractivity contribution in [1.29, 1.82) is 0 Å². The van der Waals surface area contributed by atoms with E-state index in [9.17, 15) is 4.21 Å². The molecule has 3 nitrogen and oxygen atoms in total. The normalized spacial score (nSPS) is 18.8. The van der Waals surface area contributed by atoms with Crippen LogP contribution in [0, 0.1) is 0 Å². The molecule has 0 N–H and O–H groups in total.